The van der Waals surface area contributed by atoms with E-state index in [1.165, 1.54) is 4.90 Å². The van der Waals surface area contributed by atoms with E-state index in [-0.39, 0.29) is 18.4 Å². The molecular weight excluding hydrogens is 462 g/mol. The lowest BCUT2D eigenvalue weighted by Gasteiger charge is -2.35. The number of hydrogen-bond donors (Lipinski definition) is 2. The molecule has 0 aliphatic heterocycles. The van der Waals surface area contributed by atoms with E-state index < -0.39 is 23.8 Å². The summed E-state index contributed by atoms with van der Waals surface area (Å²) in [5.74, 6) is 0.0697. The van der Waals surface area contributed by atoms with Crippen LogP contribution in [0.3, 0.4) is 0 Å². The smallest absolute Gasteiger partial charge is 0.408 e. The summed E-state index contributed by atoms with van der Waals surface area (Å²) in [7, 11) is 0. The van der Waals surface area contributed by atoms with E-state index in [1.807, 2.05) is 38.3 Å². The molecule has 0 aromatic heterocycles. The van der Waals surface area contributed by atoms with Crippen molar-refractivity contribution < 1.29 is 19.1 Å². The van der Waals surface area contributed by atoms with Gasteiger partial charge in [-0.25, -0.2) is 4.79 Å². The van der Waals surface area contributed by atoms with Crippen LogP contribution in [-0.2, 0) is 14.3 Å². The van der Waals surface area contributed by atoms with Crippen LogP contribution in [0.25, 0.3) is 0 Å². The number of alkyl carbamates (subject to hydrolysis) is 1. The predicted octanol–water partition coefficient (Wildman–Crippen LogP) is 4.92. The number of unbranched alkanes of at least 4 members (excludes halogenated alkanes) is 1. The fourth-order valence-electron chi connectivity index (χ4n) is 3.78. The zero-order valence-corrected chi connectivity index (χ0v) is 23.2. The summed E-state index contributed by atoms with van der Waals surface area (Å²) in [4.78, 5) is 41.5. The first-order valence-electron chi connectivity index (χ1n) is 12.2. The highest BCUT2D eigenvalue weighted by Crippen LogP contribution is 2.29. The Morgan fingerprint density at radius 1 is 1.20 bits per heavy atom. The number of ether oxygens (including phenoxy) is 1. The number of amides is 3. The predicted molar refractivity (Wildman–Crippen MR) is 145 cm³/mol. The Hall–Kier alpha value is -2.48. The average molecular weight is 506 g/mol. The highest BCUT2D eigenvalue weighted by atomic mass is 32.2. The maximum Gasteiger partial charge on any atom is 0.408 e. The molecule has 2 atom stereocenters. The quantitative estimate of drug-likeness (QED) is 0.293. The summed E-state index contributed by atoms with van der Waals surface area (Å²) in [6.07, 6.45) is 5.08. The first-order valence-corrected chi connectivity index (χ1v) is 13.6. The van der Waals surface area contributed by atoms with Gasteiger partial charge in [0.2, 0.25) is 11.8 Å². The molecule has 2 unspecified atom stereocenters. The Bertz CT molecular complexity index is 846. The number of nitrogens with one attached hydrogen (secondary N) is 2. The molecule has 0 heterocycles. The molecule has 8 heteroatoms. The summed E-state index contributed by atoms with van der Waals surface area (Å²) < 4.78 is 5.41. The molecule has 35 heavy (non-hydrogen) atoms. The van der Waals surface area contributed by atoms with Gasteiger partial charge in [-0.15, -0.1) is 6.58 Å². The van der Waals surface area contributed by atoms with E-state index in [9.17, 15) is 14.4 Å². The molecule has 0 saturated heterocycles. The van der Waals surface area contributed by atoms with E-state index in [4.69, 9.17) is 4.74 Å². The molecule has 196 valence electrons. The van der Waals surface area contributed by atoms with Crippen molar-refractivity contribution in [3.8, 4) is 0 Å². The molecule has 7 nitrogen and oxygen atoms in total. The molecule has 1 rings (SSSR count). The lowest BCUT2D eigenvalue weighted by molar-refractivity contribution is -0.141. The van der Waals surface area contributed by atoms with E-state index >= 15 is 0 Å². The third kappa shape index (κ3) is 9.96. The van der Waals surface area contributed by atoms with Crippen molar-refractivity contribution in [3.05, 3.63) is 47.5 Å². The standard InChI is InChI=1S/C27H43N3O4S/c1-9-11-16-28-24(31)23(22-19(3)13-12-14-20(22)4)30(17-10-2)25(32)21(15-18-35-8)29-26(33)34-27(5,6)7/h10,12-14,21,23H,2,9,11,15-18H2,1,3-8H3,(H,28,31)(H,29,33). The number of carbonyl (C=O) groups excluding carboxylic acids is 3. The van der Waals surface area contributed by atoms with Crippen molar-refractivity contribution in [3.63, 3.8) is 0 Å². The van der Waals surface area contributed by atoms with Gasteiger partial charge < -0.3 is 20.3 Å². The second kappa shape index (κ2) is 14.8. The van der Waals surface area contributed by atoms with Gasteiger partial charge in [-0.2, -0.15) is 11.8 Å². The van der Waals surface area contributed by atoms with E-state index in [0.29, 0.717) is 18.7 Å². The van der Waals surface area contributed by atoms with Gasteiger partial charge in [0.25, 0.3) is 0 Å². The van der Waals surface area contributed by atoms with Gasteiger partial charge in [0, 0.05) is 13.1 Å². The van der Waals surface area contributed by atoms with E-state index in [2.05, 4.69) is 24.1 Å². The van der Waals surface area contributed by atoms with Crippen LogP contribution in [-0.4, -0.2) is 59.5 Å². The normalized spacial score (nSPS) is 12.9. The largest absolute Gasteiger partial charge is 0.444 e. The molecule has 1 aromatic rings. The van der Waals surface area contributed by atoms with Gasteiger partial charge in [-0.05, 0) is 76.2 Å². The van der Waals surface area contributed by atoms with Crippen LogP contribution in [0.2, 0.25) is 0 Å². The maximum absolute atomic E-state index is 13.9. The van der Waals surface area contributed by atoms with Crippen molar-refractivity contribution in [2.24, 2.45) is 0 Å². The summed E-state index contributed by atoms with van der Waals surface area (Å²) >= 11 is 1.58. The van der Waals surface area contributed by atoms with Gasteiger partial charge in [0.05, 0.1) is 0 Å². The number of thioether (sulfide) groups is 1. The minimum Gasteiger partial charge on any atom is -0.444 e. The Morgan fingerprint density at radius 3 is 2.34 bits per heavy atom. The Balaban J connectivity index is 3.46. The lowest BCUT2D eigenvalue weighted by Crippen LogP contribution is -2.53. The summed E-state index contributed by atoms with van der Waals surface area (Å²) in [6.45, 7) is 15.8. The van der Waals surface area contributed by atoms with Gasteiger partial charge in [-0.1, -0.05) is 37.6 Å². The zero-order chi connectivity index (χ0) is 26.6. The molecule has 0 radical (unpaired) electrons. The second-order valence-electron chi connectivity index (χ2n) is 9.61. The molecule has 0 bridgehead atoms. The van der Waals surface area contributed by atoms with Crippen LogP contribution >= 0.6 is 11.8 Å². The van der Waals surface area contributed by atoms with Crippen molar-refractivity contribution in [1.29, 1.82) is 0 Å². The molecule has 3 amide bonds. The van der Waals surface area contributed by atoms with E-state index in [0.717, 1.165) is 29.5 Å². The average Bonchev–Trinajstić information content (AvgIpc) is 2.76. The highest BCUT2D eigenvalue weighted by Gasteiger charge is 2.36. The third-order valence-corrected chi connectivity index (χ3v) is 6.06. The fraction of sp³-hybridized carbons (Fsp3) is 0.593. The zero-order valence-electron chi connectivity index (χ0n) is 22.4. The van der Waals surface area contributed by atoms with Crippen LogP contribution in [0.1, 0.15) is 69.7 Å². The Labute approximate surface area is 215 Å². The first-order chi connectivity index (χ1) is 16.5. The lowest BCUT2D eigenvalue weighted by atomic mass is 9.93. The molecular formula is C27H43N3O4S. The summed E-state index contributed by atoms with van der Waals surface area (Å²) in [6, 6.07) is 4.12. The molecule has 0 spiro atoms. The number of nitrogens with zero attached hydrogens (tertiary/aromatic N) is 1. The first kappa shape index (κ1) is 30.6. The topological polar surface area (TPSA) is 87.7 Å². The highest BCUT2D eigenvalue weighted by molar-refractivity contribution is 7.98. The second-order valence-corrected chi connectivity index (χ2v) is 10.6. The van der Waals surface area contributed by atoms with Crippen LogP contribution in [0.4, 0.5) is 4.79 Å². The van der Waals surface area contributed by atoms with Crippen molar-refractivity contribution in [2.75, 3.05) is 25.1 Å². The molecule has 0 aliphatic rings. The Kier molecular flexibility index (Phi) is 12.9. The van der Waals surface area contributed by atoms with Crippen LogP contribution in [0.15, 0.2) is 30.9 Å². The van der Waals surface area contributed by atoms with Crippen LogP contribution in [0.5, 0.6) is 0 Å². The van der Waals surface area contributed by atoms with Crippen molar-refractivity contribution in [1.82, 2.24) is 15.5 Å². The summed E-state index contributed by atoms with van der Waals surface area (Å²) in [5.41, 5.74) is 1.93. The minimum absolute atomic E-state index is 0.157. The van der Waals surface area contributed by atoms with Gasteiger partial charge >= 0.3 is 6.09 Å². The van der Waals surface area contributed by atoms with Gasteiger partial charge in [0.1, 0.15) is 17.7 Å². The minimum atomic E-state index is -0.851. The van der Waals surface area contributed by atoms with E-state index in [1.54, 1.807) is 38.6 Å². The molecule has 1 aromatic carbocycles. The third-order valence-electron chi connectivity index (χ3n) is 5.41. The molecule has 0 saturated carbocycles. The molecule has 0 fully saturated rings. The number of rotatable bonds is 13. The SMILES string of the molecule is C=CCN(C(=O)C(CCSC)NC(=O)OC(C)(C)C)C(C(=O)NCCCC)c1c(C)cccc1C. The maximum atomic E-state index is 13.9. The molecule has 0 aliphatic carbocycles. The van der Waals surface area contributed by atoms with Gasteiger partial charge in [-0.3, -0.25) is 9.59 Å². The van der Waals surface area contributed by atoms with Crippen molar-refractivity contribution >= 4 is 29.7 Å². The number of hydrogen-bond acceptors (Lipinski definition) is 5. The molecule has 2 N–H and O–H groups in total. The van der Waals surface area contributed by atoms with Crippen molar-refractivity contribution in [2.45, 2.75) is 78.5 Å². The summed E-state index contributed by atoms with van der Waals surface area (Å²) in [5, 5.41) is 5.74. The van der Waals surface area contributed by atoms with Crippen LogP contribution < -0.4 is 10.6 Å². The number of benzene rings is 1. The van der Waals surface area contributed by atoms with Crippen LogP contribution in [0, 0.1) is 13.8 Å². The number of aryl methyl sites for hydroxylation is 2. The number of carbonyl (C=O) groups is 3. The fourth-order valence-corrected chi connectivity index (χ4v) is 4.25. The van der Waals surface area contributed by atoms with Gasteiger partial charge in [0.15, 0.2) is 0 Å². The Morgan fingerprint density at radius 2 is 1.83 bits per heavy atom. The monoisotopic (exact) mass is 505 g/mol.